The van der Waals surface area contributed by atoms with Crippen molar-refractivity contribution in [2.24, 2.45) is 0 Å². The zero-order chi connectivity index (χ0) is 13.7. The Morgan fingerprint density at radius 1 is 1.21 bits per heavy atom. The first kappa shape index (κ1) is 13.9. The Bertz CT molecular complexity index is 591. The van der Waals surface area contributed by atoms with Gasteiger partial charge in [0, 0.05) is 15.6 Å². The molecule has 1 N–H and O–H groups in total. The van der Waals surface area contributed by atoms with E-state index in [9.17, 15) is 9.18 Å². The maximum atomic E-state index is 13.3. The van der Waals surface area contributed by atoms with Crippen LogP contribution in [0.5, 0.6) is 0 Å². The first-order chi connectivity index (χ1) is 9.15. The van der Waals surface area contributed by atoms with Crippen LogP contribution in [-0.4, -0.2) is 11.7 Å². The van der Waals surface area contributed by atoms with Gasteiger partial charge in [-0.2, -0.15) is 0 Å². The Hall–Kier alpha value is -1.52. The molecule has 0 saturated heterocycles. The van der Waals surface area contributed by atoms with Crippen molar-refractivity contribution in [3.63, 3.8) is 0 Å². The number of nitrogens with one attached hydrogen (secondary N) is 1. The maximum Gasteiger partial charge on any atom is 0.234 e. The topological polar surface area (TPSA) is 29.1 Å². The lowest BCUT2D eigenvalue weighted by molar-refractivity contribution is -0.113. The van der Waals surface area contributed by atoms with Gasteiger partial charge in [0.1, 0.15) is 5.82 Å². The molecule has 0 aromatic heterocycles. The number of halogens is 2. The van der Waals surface area contributed by atoms with Gasteiger partial charge in [0.15, 0.2) is 0 Å². The predicted octanol–water partition coefficient (Wildman–Crippen LogP) is 4.21. The minimum atomic E-state index is -0.317. The van der Waals surface area contributed by atoms with Gasteiger partial charge in [0.2, 0.25) is 5.91 Å². The molecule has 0 heterocycles. The lowest BCUT2D eigenvalue weighted by atomic mass is 10.3. The molecule has 0 radical (unpaired) electrons. The summed E-state index contributed by atoms with van der Waals surface area (Å²) in [6.45, 7) is 0. The van der Waals surface area contributed by atoms with Gasteiger partial charge in [-0.25, -0.2) is 4.39 Å². The van der Waals surface area contributed by atoms with Crippen LogP contribution in [0.3, 0.4) is 0 Å². The minimum Gasteiger partial charge on any atom is -0.325 e. The molecule has 0 atom stereocenters. The van der Waals surface area contributed by atoms with Crippen LogP contribution in [0.4, 0.5) is 10.1 Å². The third kappa shape index (κ3) is 4.26. The average Bonchev–Trinajstić information content (AvgIpc) is 2.38. The highest BCUT2D eigenvalue weighted by Crippen LogP contribution is 2.21. The third-order valence-corrected chi connectivity index (χ3v) is 3.59. The molecule has 0 unspecified atom stereocenters. The van der Waals surface area contributed by atoms with E-state index in [1.165, 1.54) is 6.07 Å². The maximum absolute atomic E-state index is 13.3. The SMILES string of the molecule is O=C(CSc1ccccc1F)Nc1cccc(Cl)c1. The smallest absolute Gasteiger partial charge is 0.234 e. The van der Waals surface area contributed by atoms with Crippen molar-refractivity contribution < 1.29 is 9.18 Å². The average molecular weight is 296 g/mol. The molecule has 5 heteroatoms. The number of carbonyl (C=O) groups is 1. The molecular formula is C14H11ClFNOS. The molecule has 0 aliphatic rings. The zero-order valence-electron chi connectivity index (χ0n) is 9.90. The van der Waals surface area contributed by atoms with E-state index in [1.807, 2.05) is 0 Å². The van der Waals surface area contributed by atoms with Crippen LogP contribution in [0.15, 0.2) is 53.4 Å². The second-order valence-electron chi connectivity index (χ2n) is 3.78. The van der Waals surface area contributed by atoms with Crippen LogP contribution in [0.25, 0.3) is 0 Å². The summed E-state index contributed by atoms with van der Waals surface area (Å²) in [6.07, 6.45) is 0. The number of amides is 1. The fourth-order valence-corrected chi connectivity index (χ4v) is 2.40. The molecule has 19 heavy (non-hydrogen) atoms. The van der Waals surface area contributed by atoms with Crippen LogP contribution in [-0.2, 0) is 4.79 Å². The number of thioether (sulfide) groups is 1. The van der Waals surface area contributed by atoms with E-state index in [-0.39, 0.29) is 17.5 Å². The Morgan fingerprint density at radius 3 is 2.74 bits per heavy atom. The van der Waals surface area contributed by atoms with Gasteiger partial charge in [0.25, 0.3) is 0 Å². The predicted molar refractivity (Wildman–Crippen MR) is 77.2 cm³/mol. The molecule has 0 fully saturated rings. The molecule has 98 valence electrons. The summed E-state index contributed by atoms with van der Waals surface area (Å²) in [7, 11) is 0. The van der Waals surface area contributed by atoms with E-state index < -0.39 is 0 Å². The molecule has 2 nitrogen and oxygen atoms in total. The van der Waals surface area contributed by atoms with Gasteiger partial charge in [-0.3, -0.25) is 4.79 Å². The van der Waals surface area contributed by atoms with E-state index in [0.717, 1.165) is 11.8 Å². The number of anilines is 1. The molecule has 0 aliphatic carbocycles. The molecule has 0 aliphatic heterocycles. The van der Waals surface area contributed by atoms with Gasteiger partial charge >= 0.3 is 0 Å². The summed E-state index contributed by atoms with van der Waals surface area (Å²) in [4.78, 5) is 12.2. The van der Waals surface area contributed by atoms with Crippen molar-refractivity contribution in [1.82, 2.24) is 0 Å². The highest BCUT2D eigenvalue weighted by molar-refractivity contribution is 8.00. The summed E-state index contributed by atoms with van der Waals surface area (Å²) >= 11 is 6.97. The van der Waals surface area contributed by atoms with Crippen molar-refractivity contribution in [2.75, 3.05) is 11.1 Å². The van der Waals surface area contributed by atoms with Crippen LogP contribution in [0.1, 0.15) is 0 Å². The van der Waals surface area contributed by atoms with Crippen molar-refractivity contribution in [3.8, 4) is 0 Å². The van der Waals surface area contributed by atoms with E-state index in [0.29, 0.717) is 15.6 Å². The van der Waals surface area contributed by atoms with Crippen LogP contribution in [0, 0.1) is 5.82 Å². The quantitative estimate of drug-likeness (QED) is 0.856. The van der Waals surface area contributed by atoms with Gasteiger partial charge in [0.05, 0.1) is 5.75 Å². The fourth-order valence-electron chi connectivity index (χ4n) is 1.47. The number of hydrogen-bond donors (Lipinski definition) is 1. The molecule has 0 saturated carbocycles. The Kier molecular flexibility index (Phi) is 4.82. The zero-order valence-corrected chi connectivity index (χ0v) is 11.5. The summed E-state index contributed by atoms with van der Waals surface area (Å²) < 4.78 is 13.3. The number of carbonyl (C=O) groups excluding carboxylic acids is 1. The third-order valence-electron chi connectivity index (χ3n) is 2.30. The fraction of sp³-hybridized carbons (Fsp3) is 0.0714. The summed E-state index contributed by atoms with van der Waals surface area (Å²) in [5, 5.41) is 3.26. The summed E-state index contributed by atoms with van der Waals surface area (Å²) in [5.41, 5.74) is 0.631. The molecular weight excluding hydrogens is 285 g/mol. The molecule has 0 bridgehead atoms. The van der Waals surface area contributed by atoms with Gasteiger partial charge in [-0.15, -0.1) is 11.8 Å². The first-order valence-corrected chi connectivity index (χ1v) is 6.94. The van der Waals surface area contributed by atoms with E-state index in [4.69, 9.17) is 11.6 Å². The van der Waals surface area contributed by atoms with Crippen molar-refractivity contribution >= 4 is 35.0 Å². The normalized spacial score (nSPS) is 10.2. The van der Waals surface area contributed by atoms with E-state index in [2.05, 4.69) is 5.32 Å². The van der Waals surface area contributed by atoms with Crippen LogP contribution in [0.2, 0.25) is 5.02 Å². The van der Waals surface area contributed by atoms with E-state index >= 15 is 0 Å². The molecule has 2 aromatic carbocycles. The molecule has 2 rings (SSSR count). The van der Waals surface area contributed by atoms with Crippen molar-refractivity contribution in [3.05, 3.63) is 59.4 Å². The monoisotopic (exact) mass is 295 g/mol. The first-order valence-electron chi connectivity index (χ1n) is 5.58. The second kappa shape index (κ2) is 6.59. The summed E-state index contributed by atoms with van der Waals surface area (Å²) in [5.74, 6) is -0.369. The summed E-state index contributed by atoms with van der Waals surface area (Å²) in [6, 6.07) is 13.3. The Labute approximate surface area is 120 Å². The highest BCUT2D eigenvalue weighted by atomic mass is 35.5. The van der Waals surface area contributed by atoms with Gasteiger partial charge in [-0.1, -0.05) is 29.8 Å². The van der Waals surface area contributed by atoms with Gasteiger partial charge < -0.3 is 5.32 Å². The highest BCUT2D eigenvalue weighted by Gasteiger charge is 2.06. The van der Waals surface area contributed by atoms with Crippen molar-refractivity contribution in [2.45, 2.75) is 4.90 Å². The number of benzene rings is 2. The molecule has 1 amide bonds. The minimum absolute atomic E-state index is 0.146. The molecule has 0 spiro atoms. The van der Waals surface area contributed by atoms with Crippen molar-refractivity contribution in [1.29, 1.82) is 0 Å². The van der Waals surface area contributed by atoms with Gasteiger partial charge in [-0.05, 0) is 30.3 Å². The standard InChI is InChI=1S/C14H11ClFNOS/c15-10-4-3-5-11(8-10)17-14(18)9-19-13-7-2-1-6-12(13)16/h1-8H,9H2,(H,17,18). The lowest BCUT2D eigenvalue weighted by Crippen LogP contribution is -2.13. The van der Waals surface area contributed by atoms with E-state index in [1.54, 1.807) is 42.5 Å². The van der Waals surface area contributed by atoms with Crippen LogP contribution < -0.4 is 5.32 Å². The number of rotatable bonds is 4. The number of hydrogen-bond acceptors (Lipinski definition) is 2. The Morgan fingerprint density at radius 2 is 2.00 bits per heavy atom. The Balaban J connectivity index is 1.90. The second-order valence-corrected chi connectivity index (χ2v) is 5.23. The largest absolute Gasteiger partial charge is 0.325 e. The molecule has 2 aromatic rings. The van der Waals surface area contributed by atoms with Crippen LogP contribution >= 0.6 is 23.4 Å². The lowest BCUT2D eigenvalue weighted by Gasteiger charge is -2.06.